The Morgan fingerprint density at radius 1 is 1.24 bits per heavy atom. The van der Waals surface area contributed by atoms with Crippen LogP contribution in [-0.4, -0.2) is 46.8 Å². The van der Waals surface area contributed by atoms with Crippen LogP contribution in [0.25, 0.3) is 0 Å². The largest absolute Gasteiger partial charge is 0.338 e. The highest BCUT2D eigenvalue weighted by Gasteiger charge is 2.51. The molecule has 25 heavy (non-hydrogen) atoms. The standard InChI is InChI=1S/C19H25N3O3/c1-3-19(15-10-5-4-6-11-15)17(24)22(18(25)20-19)13-16(23)21-12-8-7-9-14(21)2/h4-6,10-11,14H,3,7-9,12-13H2,1-2H3,(H,20,25)/t14-,19-/m0/s1. The molecule has 2 aliphatic rings. The van der Waals surface area contributed by atoms with Crippen molar-refractivity contribution in [3.05, 3.63) is 35.9 Å². The molecule has 2 saturated heterocycles. The van der Waals surface area contributed by atoms with Gasteiger partial charge in [-0.3, -0.25) is 14.5 Å². The van der Waals surface area contributed by atoms with Gasteiger partial charge in [0.2, 0.25) is 5.91 Å². The molecule has 2 fully saturated rings. The minimum atomic E-state index is -1.08. The lowest BCUT2D eigenvalue weighted by atomic mass is 9.87. The van der Waals surface area contributed by atoms with E-state index in [-0.39, 0.29) is 24.4 Å². The Morgan fingerprint density at radius 2 is 1.96 bits per heavy atom. The molecule has 0 spiro atoms. The second kappa shape index (κ2) is 6.86. The molecule has 134 valence electrons. The van der Waals surface area contributed by atoms with Crippen molar-refractivity contribution in [3.63, 3.8) is 0 Å². The van der Waals surface area contributed by atoms with Gasteiger partial charge >= 0.3 is 6.03 Å². The fourth-order valence-corrected chi connectivity index (χ4v) is 3.83. The van der Waals surface area contributed by atoms with Crippen LogP contribution < -0.4 is 5.32 Å². The zero-order chi connectivity index (χ0) is 18.0. The van der Waals surface area contributed by atoms with Crippen LogP contribution in [0.1, 0.15) is 45.1 Å². The summed E-state index contributed by atoms with van der Waals surface area (Å²) in [7, 11) is 0. The predicted octanol–water partition coefficient (Wildman–Crippen LogP) is 2.24. The summed E-state index contributed by atoms with van der Waals surface area (Å²) in [4.78, 5) is 41.0. The minimum absolute atomic E-state index is 0.157. The van der Waals surface area contributed by atoms with E-state index in [4.69, 9.17) is 0 Å². The zero-order valence-electron chi connectivity index (χ0n) is 14.8. The van der Waals surface area contributed by atoms with Crippen molar-refractivity contribution in [3.8, 4) is 0 Å². The van der Waals surface area contributed by atoms with Gasteiger partial charge in [0.1, 0.15) is 12.1 Å². The second-order valence-corrected chi connectivity index (χ2v) is 6.88. The maximum atomic E-state index is 13.0. The number of nitrogens with one attached hydrogen (secondary N) is 1. The van der Waals surface area contributed by atoms with Gasteiger partial charge in [-0.2, -0.15) is 0 Å². The number of hydrogen-bond acceptors (Lipinski definition) is 3. The Hall–Kier alpha value is -2.37. The molecule has 1 aromatic rings. The van der Waals surface area contributed by atoms with Crippen LogP contribution in [-0.2, 0) is 15.1 Å². The van der Waals surface area contributed by atoms with Gasteiger partial charge in [0.15, 0.2) is 0 Å². The molecule has 0 bridgehead atoms. The molecule has 0 unspecified atom stereocenters. The first-order chi connectivity index (χ1) is 12.0. The van der Waals surface area contributed by atoms with Crippen molar-refractivity contribution in [1.29, 1.82) is 0 Å². The number of imide groups is 1. The molecule has 3 rings (SSSR count). The maximum Gasteiger partial charge on any atom is 0.325 e. The molecular formula is C19H25N3O3. The van der Waals surface area contributed by atoms with E-state index in [2.05, 4.69) is 5.32 Å². The van der Waals surface area contributed by atoms with Crippen molar-refractivity contribution in [2.45, 2.75) is 51.1 Å². The zero-order valence-corrected chi connectivity index (χ0v) is 14.8. The molecule has 6 heteroatoms. The first kappa shape index (κ1) is 17.5. The molecular weight excluding hydrogens is 318 g/mol. The molecule has 0 radical (unpaired) electrons. The number of piperidine rings is 1. The Balaban J connectivity index is 1.80. The summed E-state index contributed by atoms with van der Waals surface area (Å²) in [6.45, 7) is 4.39. The monoisotopic (exact) mass is 343 g/mol. The minimum Gasteiger partial charge on any atom is -0.338 e. The lowest BCUT2D eigenvalue weighted by molar-refractivity contribution is -0.141. The molecule has 1 aromatic carbocycles. The van der Waals surface area contributed by atoms with Gasteiger partial charge in [-0.1, -0.05) is 37.3 Å². The van der Waals surface area contributed by atoms with Crippen LogP contribution in [0.4, 0.5) is 4.79 Å². The molecule has 4 amide bonds. The maximum absolute atomic E-state index is 13.0. The SMILES string of the molecule is CC[C@@]1(c2ccccc2)NC(=O)N(CC(=O)N2CCCC[C@@H]2C)C1=O. The molecule has 0 saturated carbocycles. The van der Waals surface area contributed by atoms with Crippen LogP contribution >= 0.6 is 0 Å². The predicted molar refractivity (Wildman–Crippen MR) is 93.7 cm³/mol. The Morgan fingerprint density at radius 3 is 2.60 bits per heavy atom. The number of nitrogens with zero attached hydrogens (tertiary/aromatic N) is 2. The third-order valence-electron chi connectivity index (χ3n) is 5.39. The third kappa shape index (κ3) is 3.01. The number of carbonyl (C=O) groups excluding carboxylic acids is 3. The van der Waals surface area contributed by atoms with E-state index in [1.165, 1.54) is 0 Å². The smallest absolute Gasteiger partial charge is 0.325 e. The number of benzene rings is 1. The molecule has 2 heterocycles. The summed E-state index contributed by atoms with van der Waals surface area (Å²) in [5.41, 5.74) is -0.330. The van der Waals surface area contributed by atoms with Crippen LogP contribution in [0.2, 0.25) is 0 Å². The van der Waals surface area contributed by atoms with Crippen molar-refractivity contribution >= 4 is 17.8 Å². The van der Waals surface area contributed by atoms with E-state index in [1.807, 2.05) is 44.2 Å². The van der Waals surface area contributed by atoms with Gasteiger partial charge in [0, 0.05) is 12.6 Å². The topological polar surface area (TPSA) is 69.7 Å². The van der Waals surface area contributed by atoms with Crippen molar-refractivity contribution in [1.82, 2.24) is 15.1 Å². The summed E-state index contributed by atoms with van der Waals surface area (Å²) in [6.07, 6.45) is 3.49. The number of carbonyl (C=O) groups is 3. The van der Waals surface area contributed by atoms with Crippen molar-refractivity contribution in [2.75, 3.05) is 13.1 Å². The molecule has 0 aliphatic carbocycles. The highest BCUT2D eigenvalue weighted by molar-refractivity contribution is 6.09. The second-order valence-electron chi connectivity index (χ2n) is 6.88. The van der Waals surface area contributed by atoms with Crippen molar-refractivity contribution < 1.29 is 14.4 Å². The van der Waals surface area contributed by atoms with E-state index < -0.39 is 11.6 Å². The summed E-state index contributed by atoms with van der Waals surface area (Å²) in [5, 5.41) is 2.82. The number of urea groups is 1. The van der Waals surface area contributed by atoms with Gasteiger partial charge in [-0.25, -0.2) is 4.79 Å². The fourth-order valence-electron chi connectivity index (χ4n) is 3.83. The normalized spacial score (nSPS) is 26.7. The van der Waals surface area contributed by atoms with Gasteiger partial charge in [0.25, 0.3) is 5.91 Å². The Kier molecular flexibility index (Phi) is 4.79. The summed E-state index contributed by atoms with van der Waals surface area (Å²) in [6, 6.07) is 8.89. The van der Waals surface area contributed by atoms with Gasteiger partial charge in [0.05, 0.1) is 0 Å². The highest BCUT2D eigenvalue weighted by atomic mass is 16.2. The molecule has 6 nitrogen and oxygen atoms in total. The first-order valence-corrected chi connectivity index (χ1v) is 8.98. The fraction of sp³-hybridized carbons (Fsp3) is 0.526. The van der Waals surface area contributed by atoms with Gasteiger partial charge in [-0.05, 0) is 38.2 Å². The van der Waals surface area contributed by atoms with E-state index in [1.54, 1.807) is 4.90 Å². The molecule has 0 aromatic heterocycles. The third-order valence-corrected chi connectivity index (χ3v) is 5.39. The summed E-state index contributed by atoms with van der Waals surface area (Å²) in [5.74, 6) is -0.500. The molecule has 1 N–H and O–H groups in total. The average Bonchev–Trinajstić information content (AvgIpc) is 2.88. The van der Waals surface area contributed by atoms with Gasteiger partial charge < -0.3 is 10.2 Å². The Labute approximate surface area is 148 Å². The van der Waals surface area contributed by atoms with E-state index in [0.717, 1.165) is 29.7 Å². The number of rotatable bonds is 4. The van der Waals surface area contributed by atoms with Crippen LogP contribution in [0.5, 0.6) is 0 Å². The van der Waals surface area contributed by atoms with Crippen LogP contribution in [0, 0.1) is 0 Å². The van der Waals surface area contributed by atoms with Crippen LogP contribution in [0.15, 0.2) is 30.3 Å². The number of amides is 4. The van der Waals surface area contributed by atoms with E-state index in [0.29, 0.717) is 13.0 Å². The number of hydrogen-bond donors (Lipinski definition) is 1. The van der Waals surface area contributed by atoms with E-state index >= 15 is 0 Å². The molecule has 2 atom stereocenters. The number of likely N-dealkylation sites (tertiary alicyclic amines) is 1. The van der Waals surface area contributed by atoms with Gasteiger partial charge in [-0.15, -0.1) is 0 Å². The lowest BCUT2D eigenvalue weighted by Gasteiger charge is -2.34. The Bertz CT molecular complexity index is 676. The van der Waals surface area contributed by atoms with Crippen LogP contribution in [0.3, 0.4) is 0 Å². The van der Waals surface area contributed by atoms with Crippen molar-refractivity contribution in [2.24, 2.45) is 0 Å². The highest BCUT2D eigenvalue weighted by Crippen LogP contribution is 2.32. The summed E-state index contributed by atoms with van der Waals surface area (Å²) < 4.78 is 0. The quantitative estimate of drug-likeness (QED) is 0.853. The average molecular weight is 343 g/mol. The lowest BCUT2D eigenvalue weighted by Crippen LogP contribution is -2.49. The van der Waals surface area contributed by atoms with E-state index in [9.17, 15) is 14.4 Å². The summed E-state index contributed by atoms with van der Waals surface area (Å²) >= 11 is 0. The first-order valence-electron chi connectivity index (χ1n) is 8.98. The molecule has 2 aliphatic heterocycles.